The molecule has 4 nitrogen and oxygen atoms in total. The summed E-state index contributed by atoms with van der Waals surface area (Å²) in [5, 5.41) is 10.4. The lowest BCUT2D eigenvalue weighted by Crippen LogP contribution is -2.48. The number of hydrogen-bond acceptors (Lipinski definition) is 4. The maximum Gasteiger partial charge on any atom is 0.129 e. The molecule has 0 amide bonds. The minimum absolute atomic E-state index is 0.255. The summed E-state index contributed by atoms with van der Waals surface area (Å²) in [5.41, 5.74) is 0.556. The minimum atomic E-state index is -0.498. The minimum Gasteiger partial charge on any atom is -0.389 e. The normalized spacial score (nSPS) is 18.0. The smallest absolute Gasteiger partial charge is 0.129 e. The first-order chi connectivity index (χ1) is 11.1. The Labute approximate surface area is 142 Å². The van der Waals surface area contributed by atoms with E-state index in [0.717, 1.165) is 26.2 Å². The molecule has 0 radical (unpaired) electrons. The molecule has 1 saturated heterocycles. The summed E-state index contributed by atoms with van der Waals surface area (Å²) in [5.74, 6) is -0.255. The maximum absolute atomic E-state index is 13.8. The van der Waals surface area contributed by atoms with Gasteiger partial charge in [0.25, 0.3) is 0 Å². The van der Waals surface area contributed by atoms with Gasteiger partial charge in [-0.2, -0.15) is 0 Å². The Hall–Kier alpha value is -0.980. The molecule has 0 bridgehead atoms. The van der Waals surface area contributed by atoms with Crippen LogP contribution in [0.4, 0.5) is 4.39 Å². The predicted molar refractivity (Wildman–Crippen MR) is 90.1 cm³/mol. The molecule has 2 rings (SSSR count). The van der Waals surface area contributed by atoms with Gasteiger partial charge in [-0.15, -0.1) is 6.58 Å². The Morgan fingerprint density at radius 3 is 2.65 bits per heavy atom. The molecule has 0 aromatic heterocycles. The van der Waals surface area contributed by atoms with Crippen LogP contribution in [0.25, 0.3) is 0 Å². The highest BCUT2D eigenvalue weighted by atomic mass is 35.5. The van der Waals surface area contributed by atoms with Crippen molar-refractivity contribution >= 4 is 11.6 Å². The van der Waals surface area contributed by atoms with E-state index in [1.807, 2.05) is 0 Å². The van der Waals surface area contributed by atoms with Crippen LogP contribution < -0.4 is 0 Å². The van der Waals surface area contributed by atoms with Crippen LogP contribution in [0.2, 0.25) is 5.02 Å². The third kappa shape index (κ3) is 5.86. The molecule has 23 heavy (non-hydrogen) atoms. The number of aliphatic hydroxyl groups is 1. The van der Waals surface area contributed by atoms with Crippen molar-refractivity contribution in [1.29, 1.82) is 0 Å². The van der Waals surface area contributed by atoms with Gasteiger partial charge in [-0.05, 0) is 12.1 Å². The summed E-state index contributed by atoms with van der Waals surface area (Å²) in [7, 11) is 0. The summed E-state index contributed by atoms with van der Waals surface area (Å²) >= 11 is 6.08. The van der Waals surface area contributed by atoms with Crippen LogP contribution in [0.1, 0.15) is 5.56 Å². The molecule has 0 aliphatic carbocycles. The number of piperazine rings is 1. The van der Waals surface area contributed by atoms with E-state index in [9.17, 15) is 9.50 Å². The van der Waals surface area contributed by atoms with Crippen LogP contribution >= 0.6 is 11.6 Å². The number of rotatable bonds is 8. The average molecular weight is 343 g/mol. The molecule has 128 valence electrons. The Morgan fingerprint density at radius 1 is 1.30 bits per heavy atom. The van der Waals surface area contributed by atoms with Crippen molar-refractivity contribution in [3.63, 3.8) is 0 Å². The molecule has 1 atom stereocenters. The standard InChI is InChI=1S/C17H24ClFN2O2/c1-2-10-23-13-14(22)11-20-6-8-21(9-7-20)12-15-16(18)4-3-5-17(15)19/h2-5,14,22H,1,6-13H2. The molecule has 1 heterocycles. The Kier molecular flexibility index (Phi) is 7.46. The number of halogens is 2. The summed E-state index contributed by atoms with van der Waals surface area (Å²) < 4.78 is 19.1. The number of β-amino-alcohol motifs (C(OH)–C–C–N with tert-alkyl or cyclic N) is 1. The van der Waals surface area contributed by atoms with Gasteiger partial charge in [-0.25, -0.2) is 4.39 Å². The highest BCUT2D eigenvalue weighted by Crippen LogP contribution is 2.21. The van der Waals surface area contributed by atoms with Crippen molar-refractivity contribution in [3.05, 3.63) is 47.3 Å². The molecule has 1 unspecified atom stereocenters. The number of nitrogens with zero attached hydrogens (tertiary/aromatic N) is 2. The topological polar surface area (TPSA) is 35.9 Å². The zero-order valence-corrected chi connectivity index (χ0v) is 14.0. The van der Waals surface area contributed by atoms with E-state index in [1.54, 1.807) is 18.2 Å². The fraction of sp³-hybridized carbons (Fsp3) is 0.529. The Bertz CT molecular complexity index is 487. The van der Waals surface area contributed by atoms with Gasteiger partial charge in [-0.1, -0.05) is 23.7 Å². The quantitative estimate of drug-likeness (QED) is 0.580. The van der Waals surface area contributed by atoms with Crippen LogP contribution in [-0.4, -0.2) is 66.9 Å². The van der Waals surface area contributed by atoms with Gasteiger partial charge in [0.1, 0.15) is 5.82 Å². The molecule has 6 heteroatoms. The first kappa shape index (κ1) is 18.4. The number of aliphatic hydroxyl groups excluding tert-OH is 1. The molecule has 1 aromatic carbocycles. The van der Waals surface area contributed by atoms with Crippen LogP contribution in [-0.2, 0) is 11.3 Å². The first-order valence-electron chi connectivity index (χ1n) is 7.84. The monoisotopic (exact) mass is 342 g/mol. The van der Waals surface area contributed by atoms with Crippen molar-refractivity contribution in [1.82, 2.24) is 9.80 Å². The largest absolute Gasteiger partial charge is 0.389 e. The van der Waals surface area contributed by atoms with Crippen LogP contribution in [0.5, 0.6) is 0 Å². The SMILES string of the molecule is C=CCOCC(O)CN1CCN(Cc2c(F)cccc2Cl)CC1. The number of ether oxygens (including phenoxy) is 1. The van der Waals surface area contributed by atoms with Crippen LogP contribution in [0.3, 0.4) is 0 Å². The van der Waals surface area contributed by atoms with Crippen molar-refractivity contribution in [3.8, 4) is 0 Å². The van der Waals surface area contributed by atoms with Gasteiger partial charge in [0.15, 0.2) is 0 Å². The van der Waals surface area contributed by atoms with E-state index in [0.29, 0.717) is 36.9 Å². The van der Waals surface area contributed by atoms with E-state index >= 15 is 0 Å². The Balaban J connectivity index is 1.74. The van der Waals surface area contributed by atoms with Gasteiger partial charge in [0.2, 0.25) is 0 Å². The second-order valence-corrected chi connectivity index (χ2v) is 6.16. The third-order valence-electron chi connectivity index (χ3n) is 3.92. The first-order valence-corrected chi connectivity index (χ1v) is 8.22. The lowest BCUT2D eigenvalue weighted by molar-refractivity contribution is 0.0141. The maximum atomic E-state index is 13.8. The van der Waals surface area contributed by atoms with Gasteiger partial charge >= 0.3 is 0 Å². The van der Waals surface area contributed by atoms with Crippen molar-refractivity contribution in [2.45, 2.75) is 12.6 Å². The number of benzene rings is 1. The van der Waals surface area contributed by atoms with Crippen LogP contribution in [0, 0.1) is 5.82 Å². The summed E-state index contributed by atoms with van der Waals surface area (Å²) in [6, 6.07) is 4.78. The van der Waals surface area contributed by atoms with E-state index in [-0.39, 0.29) is 5.82 Å². The van der Waals surface area contributed by atoms with Crippen molar-refractivity contribution < 1.29 is 14.2 Å². The van der Waals surface area contributed by atoms with E-state index in [2.05, 4.69) is 16.4 Å². The molecule has 1 fully saturated rings. The second kappa shape index (κ2) is 9.35. The molecule has 1 aliphatic heterocycles. The molecule has 0 spiro atoms. The summed E-state index contributed by atoms with van der Waals surface area (Å²) in [4.78, 5) is 4.38. The molecule has 0 saturated carbocycles. The van der Waals surface area contributed by atoms with Crippen LogP contribution in [0.15, 0.2) is 30.9 Å². The molecule has 1 aliphatic rings. The lowest BCUT2D eigenvalue weighted by Gasteiger charge is -2.35. The molecule has 1 N–H and O–H groups in total. The third-order valence-corrected chi connectivity index (χ3v) is 4.28. The van der Waals surface area contributed by atoms with Crippen molar-refractivity contribution in [2.75, 3.05) is 45.9 Å². The summed E-state index contributed by atoms with van der Waals surface area (Å²) in [6.07, 6.45) is 1.17. The molecular weight excluding hydrogens is 319 g/mol. The lowest BCUT2D eigenvalue weighted by atomic mass is 10.1. The molecule has 1 aromatic rings. The summed E-state index contributed by atoms with van der Waals surface area (Å²) in [6.45, 7) is 8.77. The second-order valence-electron chi connectivity index (χ2n) is 5.76. The van der Waals surface area contributed by atoms with Crippen molar-refractivity contribution in [2.24, 2.45) is 0 Å². The fourth-order valence-corrected chi connectivity index (χ4v) is 2.90. The van der Waals surface area contributed by atoms with E-state index in [1.165, 1.54) is 6.07 Å². The predicted octanol–water partition coefficient (Wildman–Crippen LogP) is 2.16. The average Bonchev–Trinajstić information content (AvgIpc) is 2.53. The zero-order chi connectivity index (χ0) is 16.7. The van der Waals surface area contributed by atoms with E-state index in [4.69, 9.17) is 16.3 Å². The highest BCUT2D eigenvalue weighted by molar-refractivity contribution is 6.31. The van der Waals surface area contributed by atoms with Gasteiger partial charge in [0, 0.05) is 49.9 Å². The van der Waals surface area contributed by atoms with Gasteiger partial charge in [-0.3, -0.25) is 9.80 Å². The van der Waals surface area contributed by atoms with Gasteiger partial charge in [0.05, 0.1) is 19.3 Å². The highest BCUT2D eigenvalue weighted by Gasteiger charge is 2.20. The molecular formula is C17H24ClFN2O2. The fourth-order valence-electron chi connectivity index (χ4n) is 2.68. The van der Waals surface area contributed by atoms with E-state index < -0.39 is 6.10 Å². The Morgan fingerprint density at radius 2 is 2.00 bits per heavy atom. The number of hydrogen-bond donors (Lipinski definition) is 1. The van der Waals surface area contributed by atoms with Gasteiger partial charge < -0.3 is 9.84 Å². The zero-order valence-electron chi connectivity index (χ0n) is 13.3.